The van der Waals surface area contributed by atoms with Gasteiger partial charge in [-0.05, 0) is 50.8 Å². The van der Waals surface area contributed by atoms with Gasteiger partial charge in [-0.15, -0.1) is 11.3 Å². The molecule has 0 bridgehead atoms. The summed E-state index contributed by atoms with van der Waals surface area (Å²) in [5.41, 5.74) is 5.34. The molecule has 3 rings (SSSR count). The van der Waals surface area contributed by atoms with E-state index in [9.17, 15) is 4.79 Å². The van der Waals surface area contributed by atoms with Crippen LogP contribution in [0.2, 0.25) is 0 Å². The Morgan fingerprint density at radius 1 is 1.25 bits per heavy atom. The highest BCUT2D eigenvalue weighted by molar-refractivity contribution is 7.12. The second-order valence-electron chi connectivity index (χ2n) is 7.00. The van der Waals surface area contributed by atoms with E-state index in [4.69, 9.17) is 4.74 Å². The second kappa shape index (κ2) is 8.61. The molecule has 0 spiro atoms. The topological polar surface area (TPSA) is 47.4 Å². The first-order valence-electron chi connectivity index (χ1n) is 9.44. The van der Waals surface area contributed by atoms with Crippen molar-refractivity contribution in [1.29, 1.82) is 0 Å². The largest absolute Gasteiger partial charge is 0.489 e. The van der Waals surface area contributed by atoms with Gasteiger partial charge in [-0.3, -0.25) is 9.48 Å². The first-order valence-corrected chi connectivity index (χ1v) is 10.3. The zero-order chi connectivity index (χ0) is 20.3. The third-order valence-corrected chi connectivity index (χ3v) is 5.89. The predicted molar refractivity (Wildman–Crippen MR) is 113 cm³/mol. The number of para-hydroxylation sites is 1. The molecule has 5 nitrogen and oxygen atoms in total. The van der Waals surface area contributed by atoms with Crippen molar-refractivity contribution < 1.29 is 9.53 Å². The van der Waals surface area contributed by atoms with Gasteiger partial charge in [0.2, 0.25) is 0 Å². The van der Waals surface area contributed by atoms with Gasteiger partial charge in [-0.25, -0.2) is 0 Å². The average molecular weight is 398 g/mol. The number of carbonyl (C=O) groups is 1. The van der Waals surface area contributed by atoms with Crippen molar-refractivity contribution in [2.24, 2.45) is 0 Å². The summed E-state index contributed by atoms with van der Waals surface area (Å²) in [6, 6.07) is 9.87. The Morgan fingerprint density at radius 2 is 2.00 bits per heavy atom. The highest BCUT2D eigenvalue weighted by Crippen LogP contribution is 2.22. The number of benzene rings is 1. The molecule has 0 saturated heterocycles. The maximum absolute atomic E-state index is 12.9. The number of hydrogen-bond donors (Lipinski definition) is 0. The summed E-state index contributed by atoms with van der Waals surface area (Å²) in [5, 5.41) is 6.53. The molecular formula is C22H27N3O2S. The maximum Gasteiger partial charge on any atom is 0.263 e. The van der Waals surface area contributed by atoms with Gasteiger partial charge in [0, 0.05) is 37.0 Å². The predicted octanol–water partition coefficient (Wildman–Crippen LogP) is 4.74. The zero-order valence-corrected chi connectivity index (χ0v) is 18.0. The summed E-state index contributed by atoms with van der Waals surface area (Å²) >= 11 is 1.46. The zero-order valence-electron chi connectivity index (χ0n) is 17.2. The summed E-state index contributed by atoms with van der Waals surface area (Å²) in [6.07, 6.45) is 0. The number of nitrogens with zero attached hydrogens (tertiary/aromatic N) is 3. The van der Waals surface area contributed by atoms with E-state index in [0.717, 1.165) is 45.2 Å². The molecule has 0 N–H and O–H groups in total. The van der Waals surface area contributed by atoms with E-state index >= 15 is 0 Å². The van der Waals surface area contributed by atoms with Gasteiger partial charge in [-0.1, -0.05) is 18.2 Å². The van der Waals surface area contributed by atoms with Crippen molar-refractivity contribution in [3.63, 3.8) is 0 Å². The molecule has 0 aliphatic rings. The van der Waals surface area contributed by atoms with Crippen LogP contribution >= 0.6 is 11.3 Å². The lowest BCUT2D eigenvalue weighted by Crippen LogP contribution is -2.26. The Balaban J connectivity index is 1.65. The molecule has 3 aromatic rings. The molecule has 2 heterocycles. The molecule has 1 aromatic carbocycles. The van der Waals surface area contributed by atoms with Crippen LogP contribution in [-0.2, 0) is 19.7 Å². The van der Waals surface area contributed by atoms with E-state index < -0.39 is 0 Å². The smallest absolute Gasteiger partial charge is 0.263 e. The molecule has 0 atom stereocenters. The molecule has 6 heteroatoms. The lowest BCUT2D eigenvalue weighted by atomic mass is 10.2. The third-order valence-electron chi connectivity index (χ3n) is 4.93. The fourth-order valence-corrected chi connectivity index (χ4v) is 4.10. The van der Waals surface area contributed by atoms with E-state index in [1.54, 1.807) is 4.90 Å². The van der Waals surface area contributed by atoms with E-state index in [1.807, 2.05) is 61.3 Å². The van der Waals surface area contributed by atoms with Gasteiger partial charge in [0.25, 0.3) is 5.91 Å². The van der Waals surface area contributed by atoms with E-state index in [1.165, 1.54) is 11.3 Å². The summed E-state index contributed by atoms with van der Waals surface area (Å²) < 4.78 is 7.87. The number of amides is 1. The molecule has 0 aliphatic carbocycles. The van der Waals surface area contributed by atoms with Gasteiger partial charge in [-0.2, -0.15) is 5.10 Å². The minimum Gasteiger partial charge on any atom is -0.489 e. The molecule has 1 amide bonds. The number of carbonyl (C=O) groups excluding carboxylic acids is 1. The standard InChI is InChI=1S/C22H27N3O2S/c1-6-25-17(4)19(16(3)23-25)12-24(5)22(26)21-11-18(14-28-21)13-27-20-10-8-7-9-15(20)2/h7-11,14H,6,12-13H2,1-5H3. The number of rotatable bonds is 7. The fourth-order valence-electron chi connectivity index (χ4n) is 3.21. The van der Waals surface area contributed by atoms with Crippen LogP contribution in [0, 0.1) is 20.8 Å². The number of hydrogen-bond acceptors (Lipinski definition) is 4. The highest BCUT2D eigenvalue weighted by atomic mass is 32.1. The van der Waals surface area contributed by atoms with Gasteiger partial charge >= 0.3 is 0 Å². The second-order valence-corrected chi connectivity index (χ2v) is 7.91. The number of aromatic nitrogens is 2. The summed E-state index contributed by atoms with van der Waals surface area (Å²) in [5.74, 6) is 0.896. The van der Waals surface area contributed by atoms with Crippen molar-refractivity contribution >= 4 is 17.2 Å². The van der Waals surface area contributed by atoms with Gasteiger partial charge in [0.15, 0.2) is 0 Å². The summed E-state index contributed by atoms with van der Waals surface area (Å²) in [7, 11) is 1.84. The fraction of sp³-hybridized carbons (Fsp3) is 0.364. The van der Waals surface area contributed by atoms with Crippen molar-refractivity contribution in [3.05, 3.63) is 68.7 Å². The van der Waals surface area contributed by atoms with E-state index in [2.05, 4.69) is 18.9 Å². The van der Waals surface area contributed by atoms with Crippen LogP contribution in [0.25, 0.3) is 0 Å². The molecule has 148 valence electrons. The maximum atomic E-state index is 12.9. The van der Waals surface area contributed by atoms with Crippen LogP contribution in [0.4, 0.5) is 0 Å². The van der Waals surface area contributed by atoms with Crippen LogP contribution in [0.5, 0.6) is 5.75 Å². The van der Waals surface area contributed by atoms with E-state index in [0.29, 0.717) is 13.2 Å². The first-order chi connectivity index (χ1) is 13.4. The summed E-state index contributed by atoms with van der Waals surface area (Å²) in [6.45, 7) is 10.0. The van der Waals surface area contributed by atoms with Crippen LogP contribution in [-0.4, -0.2) is 27.6 Å². The van der Waals surface area contributed by atoms with Crippen LogP contribution in [0.15, 0.2) is 35.7 Å². The Labute approximate surface area is 170 Å². The van der Waals surface area contributed by atoms with E-state index in [-0.39, 0.29) is 5.91 Å². The van der Waals surface area contributed by atoms with Gasteiger partial charge in [0.1, 0.15) is 12.4 Å². The molecule has 2 aromatic heterocycles. The minimum absolute atomic E-state index is 0.0233. The van der Waals surface area contributed by atoms with Crippen LogP contribution < -0.4 is 4.74 Å². The van der Waals surface area contributed by atoms with Crippen molar-refractivity contribution in [2.75, 3.05) is 7.05 Å². The van der Waals surface area contributed by atoms with Gasteiger partial charge < -0.3 is 9.64 Å². The quantitative estimate of drug-likeness (QED) is 0.578. The van der Waals surface area contributed by atoms with Crippen molar-refractivity contribution in [3.8, 4) is 5.75 Å². The molecule has 0 unspecified atom stereocenters. The minimum atomic E-state index is 0.0233. The molecule has 0 aliphatic heterocycles. The van der Waals surface area contributed by atoms with Gasteiger partial charge in [0.05, 0.1) is 10.6 Å². The van der Waals surface area contributed by atoms with Crippen molar-refractivity contribution in [2.45, 2.75) is 47.4 Å². The van der Waals surface area contributed by atoms with Crippen LogP contribution in [0.3, 0.4) is 0 Å². The van der Waals surface area contributed by atoms with Crippen molar-refractivity contribution in [1.82, 2.24) is 14.7 Å². The molecule has 0 fully saturated rings. The summed E-state index contributed by atoms with van der Waals surface area (Å²) in [4.78, 5) is 15.3. The lowest BCUT2D eigenvalue weighted by Gasteiger charge is -2.16. The number of thiophene rings is 1. The highest BCUT2D eigenvalue weighted by Gasteiger charge is 2.18. The Kier molecular flexibility index (Phi) is 6.19. The Bertz CT molecular complexity index is 974. The monoisotopic (exact) mass is 397 g/mol. The lowest BCUT2D eigenvalue weighted by molar-refractivity contribution is 0.0789. The first kappa shape index (κ1) is 20.1. The Hall–Kier alpha value is -2.60. The number of ether oxygens (including phenoxy) is 1. The Morgan fingerprint density at radius 3 is 2.68 bits per heavy atom. The third kappa shape index (κ3) is 4.28. The number of aryl methyl sites for hydroxylation is 3. The molecular weight excluding hydrogens is 370 g/mol. The average Bonchev–Trinajstić information content (AvgIpc) is 3.26. The normalized spacial score (nSPS) is 10.9. The SMILES string of the molecule is CCn1nc(C)c(CN(C)C(=O)c2cc(COc3ccccc3C)cs2)c1C. The molecule has 0 saturated carbocycles. The molecule has 0 radical (unpaired) electrons. The van der Waals surface area contributed by atoms with Crippen LogP contribution in [0.1, 0.15) is 44.7 Å². The molecule has 28 heavy (non-hydrogen) atoms.